The minimum atomic E-state index is -0.0264. The van der Waals surface area contributed by atoms with Crippen LogP contribution >= 0.6 is 23.1 Å². The smallest absolute Gasteiger partial charge is 0.239 e. The van der Waals surface area contributed by atoms with Crippen LogP contribution in [-0.2, 0) is 12.8 Å². The van der Waals surface area contributed by atoms with E-state index < -0.39 is 0 Å². The molecule has 0 spiro atoms. The molecule has 0 radical (unpaired) electrons. The quantitative estimate of drug-likeness (QED) is 0.508. The van der Waals surface area contributed by atoms with Gasteiger partial charge in [0.25, 0.3) is 0 Å². The maximum atomic E-state index is 6.31. The number of nitrogen functional groups attached to an aromatic ring is 1. The topological polar surface area (TPSA) is 90.7 Å². The minimum Gasteiger partial charge on any atom is -0.383 e. The molecule has 3 aromatic rings. The minimum absolute atomic E-state index is 0.0264. The number of thioether (sulfide) groups is 1. The van der Waals surface area contributed by atoms with E-state index in [9.17, 15) is 0 Å². The van der Waals surface area contributed by atoms with Crippen LogP contribution in [0.5, 0.6) is 0 Å². The van der Waals surface area contributed by atoms with Crippen molar-refractivity contribution in [3.05, 3.63) is 22.2 Å². The molecular formula is C18H23N5OS2. The molecule has 6 nitrogen and oxygen atoms in total. The van der Waals surface area contributed by atoms with Gasteiger partial charge >= 0.3 is 0 Å². The molecule has 1 aliphatic carbocycles. The number of aromatic nitrogens is 4. The summed E-state index contributed by atoms with van der Waals surface area (Å²) >= 11 is 3.27. The van der Waals surface area contributed by atoms with Gasteiger partial charge in [0.2, 0.25) is 5.89 Å². The van der Waals surface area contributed by atoms with Gasteiger partial charge in [0, 0.05) is 10.8 Å². The summed E-state index contributed by atoms with van der Waals surface area (Å²) in [6, 6.07) is 0. The standard InChI is InChI=1S/C18H23N5OS2/c1-8(2)15-21-16(24-23-15)10(4)25-18-20-14(19)13-11-6-5-9(3)7-12(11)26-17(13)22-18/h8-10H,5-7H2,1-4H3,(H2,19,20,22). The van der Waals surface area contributed by atoms with E-state index in [0.717, 1.165) is 34.8 Å². The Hall–Kier alpha value is -1.67. The highest BCUT2D eigenvalue weighted by molar-refractivity contribution is 7.99. The van der Waals surface area contributed by atoms with Crippen molar-refractivity contribution in [3.63, 3.8) is 0 Å². The fraction of sp³-hybridized carbons (Fsp3) is 0.556. The van der Waals surface area contributed by atoms with E-state index in [1.807, 2.05) is 20.8 Å². The lowest BCUT2D eigenvalue weighted by Crippen LogP contribution is -2.09. The van der Waals surface area contributed by atoms with Crippen molar-refractivity contribution in [3.8, 4) is 0 Å². The van der Waals surface area contributed by atoms with Crippen molar-refractivity contribution in [1.29, 1.82) is 0 Å². The second-order valence-electron chi connectivity index (χ2n) is 7.33. The molecular weight excluding hydrogens is 366 g/mol. The van der Waals surface area contributed by atoms with Gasteiger partial charge in [-0.3, -0.25) is 0 Å². The summed E-state index contributed by atoms with van der Waals surface area (Å²) in [4.78, 5) is 16.2. The monoisotopic (exact) mass is 389 g/mol. The molecule has 0 bridgehead atoms. The van der Waals surface area contributed by atoms with Crippen molar-refractivity contribution in [2.75, 3.05) is 5.73 Å². The number of aryl methyl sites for hydroxylation is 1. The van der Waals surface area contributed by atoms with E-state index in [2.05, 4.69) is 22.0 Å². The van der Waals surface area contributed by atoms with Gasteiger partial charge < -0.3 is 10.3 Å². The summed E-state index contributed by atoms with van der Waals surface area (Å²) in [7, 11) is 0. The zero-order valence-corrected chi connectivity index (χ0v) is 17.1. The van der Waals surface area contributed by atoms with Gasteiger partial charge in [0.15, 0.2) is 11.0 Å². The zero-order valence-electron chi connectivity index (χ0n) is 15.4. The number of anilines is 1. The molecule has 0 aromatic carbocycles. The molecule has 3 aromatic heterocycles. The molecule has 0 saturated heterocycles. The maximum absolute atomic E-state index is 6.31. The summed E-state index contributed by atoms with van der Waals surface area (Å²) in [6.45, 7) is 8.42. The highest BCUT2D eigenvalue weighted by atomic mass is 32.2. The van der Waals surface area contributed by atoms with Gasteiger partial charge in [0.1, 0.15) is 10.6 Å². The molecule has 0 aliphatic heterocycles. The average Bonchev–Trinajstić information content (AvgIpc) is 3.18. The molecule has 4 rings (SSSR count). The molecule has 26 heavy (non-hydrogen) atoms. The van der Waals surface area contributed by atoms with Crippen LogP contribution in [0.1, 0.15) is 67.4 Å². The zero-order chi connectivity index (χ0) is 18.4. The largest absolute Gasteiger partial charge is 0.383 e. The predicted octanol–water partition coefficient (Wildman–Crippen LogP) is 4.76. The second-order valence-corrected chi connectivity index (χ2v) is 9.72. The van der Waals surface area contributed by atoms with Crippen LogP contribution in [-0.4, -0.2) is 20.1 Å². The summed E-state index contributed by atoms with van der Waals surface area (Å²) in [5, 5.41) is 5.74. The number of nitrogens with two attached hydrogens (primary N) is 1. The van der Waals surface area contributed by atoms with E-state index in [-0.39, 0.29) is 11.2 Å². The number of hydrogen-bond donors (Lipinski definition) is 1. The molecule has 8 heteroatoms. The maximum Gasteiger partial charge on any atom is 0.239 e. The van der Waals surface area contributed by atoms with Crippen LogP contribution in [0.15, 0.2) is 9.68 Å². The Kier molecular flexibility index (Phi) is 4.64. The van der Waals surface area contributed by atoms with E-state index in [0.29, 0.717) is 16.9 Å². The van der Waals surface area contributed by atoms with Gasteiger partial charge in [0.05, 0.1) is 10.6 Å². The first kappa shape index (κ1) is 17.7. The lowest BCUT2D eigenvalue weighted by atomic mass is 9.89. The fourth-order valence-corrected chi connectivity index (χ4v) is 5.51. The Morgan fingerprint density at radius 1 is 1.23 bits per heavy atom. The third-order valence-corrected chi connectivity index (χ3v) is 6.86. The van der Waals surface area contributed by atoms with Crippen molar-refractivity contribution in [1.82, 2.24) is 20.1 Å². The Bertz CT molecular complexity index is 949. The van der Waals surface area contributed by atoms with E-state index >= 15 is 0 Å². The van der Waals surface area contributed by atoms with Crippen LogP contribution in [0.2, 0.25) is 0 Å². The lowest BCUT2D eigenvalue weighted by Gasteiger charge is -2.17. The molecule has 0 amide bonds. The first-order chi connectivity index (χ1) is 12.4. The normalized spacial score (nSPS) is 18.4. The molecule has 1 aliphatic rings. The molecule has 0 fully saturated rings. The van der Waals surface area contributed by atoms with Crippen LogP contribution in [0.25, 0.3) is 10.2 Å². The highest BCUT2D eigenvalue weighted by Gasteiger charge is 2.24. The molecule has 3 heterocycles. The predicted molar refractivity (Wildman–Crippen MR) is 106 cm³/mol. The van der Waals surface area contributed by atoms with Gasteiger partial charge in [-0.05, 0) is 37.7 Å². The molecule has 0 saturated carbocycles. The Labute approximate surface area is 161 Å². The van der Waals surface area contributed by atoms with E-state index in [4.69, 9.17) is 15.2 Å². The van der Waals surface area contributed by atoms with E-state index in [1.54, 1.807) is 11.3 Å². The Morgan fingerprint density at radius 3 is 2.77 bits per heavy atom. The van der Waals surface area contributed by atoms with Crippen LogP contribution in [0.4, 0.5) is 5.82 Å². The Morgan fingerprint density at radius 2 is 2.04 bits per heavy atom. The summed E-state index contributed by atoms with van der Waals surface area (Å²) in [5.41, 5.74) is 7.67. The number of rotatable bonds is 4. The summed E-state index contributed by atoms with van der Waals surface area (Å²) < 4.78 is 5.39. The van der Waals surface area contributed by atoms with Crippen LogP contribution < -0.4 is 5.73 Å². The lowest BCUT2D eigenvalue weighted by molar-refractivity contribution is 0.373. The van der Waals surface area contributed by atoms with Crippen molar-refractivity contribution in [2.24, 2.45) is 5.92 Å². The van der Waals surface area contributed by atoms with Gasteiger partial charge in [-0.15, -0.1) is 11.3 Å². The van der Waals surface area contributed by atoms with Crippen LogP contribution in [0, 0.1) is 5.92 Å². The SMILES string of the molecule is CC1CCc2c(sc3nc(SC(C)c4nc(C(C)C)no4)nc(N)c23)C1. The number of hydrogen-bond acceptors (Lipinski definition) is 8. The second kappa shape index (κ2) is 6.81. The third kappa shape index (κ3) is 3.20. The average molecular weight is 390 g/mol. The Balaban J connectivity index is 1.62. The fourth-order valence-electron chi connectivity index (χ4n) is 3.26. The van der Waals surface area contributed by atoms with E-state index in [1.165, 1.54) is 28.6 Å². The molecule has 2 atom stereocenters. The highest BCUT2D eigenvalue weighted by Crippen LogP contribution is 2.41. The third-order valence-electron chi connectivity index (χ3n) is 4.77. The van der Waals surface area contributed by atoms with Gasteiger partial charge in [-0.2, -0.15) is 4.98 Å². The number of fused-ring (bicyclic) bond motifs is 3. The van der Waals surface area contributed by atoms with Crippen molar-refractivity contribution in [2.45, 2.75) is 63.3 Å². The summed E-state index contributed by atoms with van der Waals surface area (Å²) in [6.07, 6.45) is 3.41. The first-order valence-corrected chi connectivity index (χ1v) is 10.7. The number of thiophene rings is 1. The summed E-state index contributed by atoms with van der Waals surface area (Å²) in [5.74, 6) is 2.88. The first-order valence-electron chi connectivity index (χ1n) is 9.00. The van der Waals surface area contributed by atoms with Gasteiger partial charge in [-0.1, -0.05) is 37.7 Å². The molecule has 2 unspecified atom stereocenters. The number of nitrogens with zero attached hydrogens (tertiary/aromatic N) is 4. The van der Waals surface area contributed by atoms with Crippen LogP contribution in [0.3, 0.4) is 0 Å². The molecule has 2 N–H and O–H groups in total. The van der Waals surface area contributed by atoms with Gasteiger partial charge in [-0.25, -0.2) is 9.97 Å². The molecule has 138 valence electrons. The van der Waals surface area contributed by atoms with Crippen molar-refractivity contribution >= 4 is 39.1 Å². The van der Waals surface area contributed by atoms with Crippen molar-refractivity contribution < 1.29 is 4.52 Å².